The van der Waals surface area contributed by atoms with Crippen LogP contribution in [0.4, 0.5) is 35.5 Å². The number of hydrazone groups is 1. The van der Waals surface area contributed by atoms with Crippen molar-refractivity contribution in [3.8, 4) is 0 Å². The monoisotopic (exact) mass is 566 g/mol. The number of alkyl halides is 6. The van der Waals surface area contributed by atoms with Gasteiger partial charge < -0.3 is 19.9 Å². The summed E-state index contributed by atoms with van der Waals surface area (Å²) in [5.41, 5.74) is 5.09. The summed E-state index contributed by atoms with van der Waals surface area (Å²) < 4.78 is 110. The number of methoxy groups -OCH3 is 1. The highest BCUT2D eigenvalue weighted by atomic mass is 19.4. The van der Waals surface area contributed by atoms with Crippen LogP contribution >= 0.6 is 0 Å². The number of hydrogen-bond acceptors (Lipinski definition) is 6. The Bertz CT molecular complexity index is 1140. The summed E-state index contributed by atoms with van der Waals surface area (Å²) in [6.07, 6.45) is -13.4. The molecule has 1 fully saturated rings. The number of carbonyl (C=O) groups excluding carboxylic acids is 1. The summed E-state index contributed by atoms with van der Waals surface area (Å²) in [4.78, 5) is 13.0. The van der Waals surface area contributed by atoms with Gasteiger partial charge in [-0.25, -0.2) is 14.6 Å². The predicted molar refractivity (Wildman–Crippen MR) is 124 cm³/mol. The summed E-state index contributed by atoms with van der Waals surface area (Å²) >= 11 is 0. The molecular weight excluding hydrogens is 541 g/mol. The number of nitrogens with zero attached hydrogens (tertiary/aromatic N) is 2. The molecule has 1 amide bonds. The van der Waals surface area contributed by atoms with Crippen LogP contribution in [0.25, 0.3) is 0 Å². The minimum atomic E-state index is -5.03. The van der Waals surface area contributed by atoms with E-state index in [4.69, 9.17) is 15.2 Å². The first-order valence-electron chi connectivity index (χ1n) is 11.4. The molecular formula is C24H25F7N4O4. The molecule has 3 rings (SSSR count). The fourth-order valence-corrected chi connectivity index (χ4v) is 3.91. The highest BCUT2D eigenvalue weighted by Gasteiger charge is 2.39. The molecule has 2 aromatic rings. The summed E-state index contributed by atoms with van der Waals surface area (Å²) in [5.74, 6) is -0.603. The van der Waals surface area contributed by atoms with Crippen LogP contribution in [0.2, 0.25) is 0 Å². The number of nitrogens with one attached hydrogen (secondary N) is 1. The van der Waals surface area contributed by atoms with Gasteiger partial charge in [0.2, 0.25) is 0 Å². The topological polar surface area (TPSA) is 98.4 Å². The highest BCUT2D eigenvalue weighted by Crippen LogP contribution is 2.39. The molecule has 2 aromatic carbocycles. The third kappa shape index (κ3) is 8.03. The van der Waals surface area contributed by atoms with E-state index in [1.165, 1.54) is 31.2 Å². The van der Waals surface area contributed by atoms with Crippen molar-refractivity contribution in [2.75, 3.05) is 26.8 Å². The first-order chi connectivity index (χ1) is 18.2. The lowest BCUT2D eigenvalue weighted by molar-refractivity contribution is -0.227. The predicted octanol–water partition coefficient (Wildman–Crippen LogP) is 4.97. The van der Waals surface area contributed by atoms with Gasteiger partial charge in [0.15, 0.2) is 6.29 Å². The Hall–Kier alpha value is -3.43. The zero-order valence-electron chi connectivity index (χ0n) is 20.6. The maximum Gasteiger partial charge on any atom is 0.427 e. The Morgan fingerprint density at radius 2 is 1.72 bits per heavy atom. The number of morpholine rings is 1. The van der Waals surface area contributed by atoms with E-state index in [1.54, 1.807) is 4.90 Å². The molecule has 2 unspecified atom stereocenters. The van der Waals surface area contributed by atoms with Crippen molar-refractivity contribution in [3.05, 3.63) is 70.5 Å². The number of ether oxygens (including phenoxy) is 3. The molecule has 0 saturated carbocycles. The summed E-state index contributed by atoms with van der Waals surface area (Å²) in [6, 6.07) is 5.54. The van der Waals surface area contributed by atoms with Crippen LogP contribution in [-0.2, 0) is 26.6 Å². The van der Waals surface area contributed by atoms with Crippen LogP contribution in [0.5, 0.6) is 0 Å². The fourth-order valence-electron chi connectivity index (χ4n) is 3.91. The quantitative estimate of drug-likeness (QED) is 0.213. The number of amidine groups is 1. The highest BCUT2D eigenvalue weighted by molar-refractivity contribution is 5.83. The van der Waals surface area contributed by atoms with Gasteiger partial charge in [0.05, 0.1) is 43.5 Å². The van der Waals surface area contributed by atoms with Crippen molar-refractivity contribution in [3.63, 3.8) is 0 Å². The number of benzene rings is 2. The van der Waals surface area contributed by atoms with Crippen LogP contribution in [0, 0.1) is 5.82 Å². The number of rotatable bonds is 7. The average Bonchev–Trinajstić information content (AvgIpc) is 2.87. The molecule has 0 aromatic heterocycles. The lowest BCUT2D eigenvalue weighted by Gasteiger charge is -2.41. The van der Waals surface area contributed by atoms with Crippen LogP contribution in [0.1, 0.15) is 41.3 Å². The summed E-state index contributed by atoms with van der Waals surface area (Å²) in [6.45, 7) is 1.51. The van der Waals surface area contributed by atoms with Gasteiger partial charge in [0.1, 0.15) is 11.7 Å². The molecule has 39 heavy (non-hydrogen) atoms. The number of carbonyl (C=O) groups is 1. The molecule has 0 spiro atoms. The second-order valence-electron chi connectivity index (χ2n) is 8.53. The van der Waals surface area contributed by atoms with Crippen LogP contribution in [0.15, 0.2) is 47.6 Å². The molecule has 1 saturated heterocycles. The van der Waals surface area contributed by atoms with Gasteiger partial charge in [-0.3, -0.25) is 4.90 Å². The number of halogens is 7. The van der Waals surface area contributed by atoms with Gasteiger partial charge in [-0.2, -0.15) is 31.4 Å². The molecule has 1 aliphatic rings. The van der Waals surface area contributed by atoms with Crippen molar-refractivity contribution < 1.29 is 49.7 Å². The van der Waals surface area contributed by atoms with Gasteiger partial charge in [0.25, 0.3) is 0 Å². The number of nitrogens with two attached hydrogens (primary N) is 1. The molecule has 8 nitrogen and oxygen atoms in total. The zero-order chi connectivity index (χ0) is 29.0. The first-order valence-corrected chi connectivity index (χ1v) is 11.4. The maximum absolute atomic E-state index is 13.6. The minimum absolute atomic E-state index is 0.0286. The fraction of sp³-hybridized carbons (Fsp3) is 0.417. The minimum Gasteiger partial charge on any atom is -0.452 e. The molecule has 214 valence electrons. The van der Waals surface area contributed by atoms with E-state index in [1.807, 2.05) is 0 Å². The largest absolute Gasteiger partial charge is 0.452 e. The van der Waals surface area contributed by atoms with E-state index in [9.17, 15) is 35.5 Å². The van der Waals surface area contributed by atoms with E-state index in [-0.39, 0.29) is 37.2 Å². The molecule has 15 heteroatoms. The van der Waals surface area contributed by atoms with Crippen molar-refractivity contribution in [2.45, 2.75) is 37.7 Å². The number of hydrogen-bond donors (Lipinski definition) is 2. The van der Waals surface area contributed by atoms with Gasteiger partial charge >= 0.3 is 18.4 Å². The van der Waals surface area contributed by atoms with Crippen molar-refractivity contribution in [1.29, 1.82) is 0 Å². The molecule has 0 radical (unpaired) electrons. The van der Waals surface area contributed by atoms with Crippen LogP contribution < -0.4 is 11.2 Å². The van der Waals surface area contributed by atoms with Gasteiger partial charge in [-0.1, -0.05) is 12.1 Å². The normalized spacial score (nSPS) is 20.0. The van der Waals surface area contributed by atoms with Gasteiger partial charge in [-0.05, 0) is 48.4 Å². The van der Waals surface area contributed by atoms with Crippen molar-refractivity contribution in [1.82, 2.24) is 10.3 Å². The molecule has 0 aliphatic carbocycles. The van der Waals surface area contributed by atoms with E-state index in [0.29, 0.717) is 17.7 Å². The zero-order valence-corrected chi connectivity index (χ0v) is 20.6. The molecule has 1 aliphatic heterocycles. The second-order valence-corrected chi connectivity index (χ2v) is 8.53. The van der Waals surface area contributed by atoms with E-state index >= 15 is 0 Å². The summed E-state index contributed by atoms with van der Waals surface area (Å²) in [7, 11) is 1.12. The number of amides is 1. The molecule has 0 bridgehead atoms. The van der Waals surface area contributed by atoms with E-state index < -0.39 is 53.8 Å². The van der Waals surface area contributed by atoms with Crippen molar-refractivity contribution in [2.24, 2.45) is 10.8 Å². The van der Waals surface area contributed by atoms with E-state index in [0.717, 1.165) is 7.11 Å². The van der Waals surface area contributed by atoms with Crippen molar-refractivity contribution >= 4 is 11.9 Å². The van der Waals surface area contributed by atoms with Crippen LogP contribution in [0.3, 0.4) is 0 Å². The molecule has 3 N–H and O–H groups in total. The smallest absolute Gasteiger partial charge is 0.427 e. The van der Waals surface area contributed by atoms with E-state index in [2.05, 4.69) is 15.3 Å². The lowest BCUT2D eigenvalue weighted by Crippen LogP contribution is -2.49. The Morgan fingerprint density at radius 1 is 1.13 bits per heavy atom. The first kappa shape index (κ1) is 30.1. The lowest BCUT2D eigenvalue weighted by atomic mass is 10.0. The van der Waals surface area contributed by atoms with Gasteiger partial charge in [-0.15, -0.1) is 0 Å². The average molecular weight is 566 g/mol. The van der Waals surface area contributed by atoms with Crippen LogP contribution in [-0.4, -0.2) is 49.9 Å². The van der Waals surface area contributed by atoms with Gasteiger partial charge in [0, 0.05) is 6.54 Å². The Balaban J connectivity index is 1.93. The third-order valence-corrected chi connectivity index (χ3v) is 5.78. The Labute approximate surface area is 218 Å². The SMILES string of the molecule is COC(=O)N/N=C(\N)CN1CCOC(OC(C)c2cc(C(F)(F)F)cc(C(F)(F)F)c2)[C@@H]1c1ccc(F)cc1. The summed E-state index contributed by atoms with van der Waals surface area (Å²) in [5, 5.41) is 3.70. The molecule has 1 heterocycles. The second kappa shape index (κ2) is 12.2. The standard InChI is InChI=1S/C24H25F7N4O4/c1-13(15-9-16(23(26,27)28)11-17(10-15)24(29,30)31)39-21-20(14-3-5-18(25)6-4-14)35(7-8-38-21)12-19(32)33-34-22(36)37-2/h3-6,9-11,13,20-21H,7-8,12H2,1-2H3,(H2,32,33)(H,34,36)/t13?,20-,21?/m0/s1. The third-order valence-electron chi connectivity index (χ3n) is 5.78. The molecule has 3 atom stereocenters. The Kier molecular flexibility index (Phi) is 9.40. The Morgan fingerprint density at radius 3 is 2.26 bits per heavy atom. The maximum atomic E-state index is 13.6.